The molecule has 1 fully saturated rings. The molecule has 0 unspecified atom stereocenters. The first kappa shape index (κ1) is 19.8. The molecule has 1 aliphatic heterocycles. The minimum Gasteiger partial charge on any atom is -0.396 e. The predicted molar refractivity (Wildman–Crippen MR) is 118 cm³/mol. The van der Waals surface area contributed by atoms with Gasteiger partial charge < -0.3 is 10.6 Å². The number of hydrogen-bond acceptors (Lipinski definition) is 5. The van der Waals surface area contributed by atoms with Crippen molar-refractivity contribution in [2.75, 3.05) is 30.8 Å². The molecule has 1 saturated heterocycles. The van der Waals surface area contributed by atoms with Crippen LogP contribution in [0, 0.1) is 22.9 Å². The fraction of sp³-hybridized carbons (Fsp3) is 0.227. The van der Waals surface area contributed by atoms with E-state index in [1.54, 1.807) is 25.2 Å². The van der Waals surface area contributed by atoms with Gasteiger partial charge in [-0.3, -0.25) is 4.99 Å². The van der Waals surface area contributed by atoms with Crippen molar-refractivity contribution >= 4 is 35.2 Å². The van der Waals surface area contributed by atoms with Gasteiger partial charge in [0.15, 0.2) is 5.82 Å². The molecular formula is C22H20BF2N5. The van der Waals surface area contributed by atoms with E-state index in [2.05, 4.69) is 20.8 Å². The van der Waals surface area contributed by atoms with Gasteiger partial charge in [0.1, 0.15) is 11.3 Å². The Bertz CT molecular complexity index is 1180. The van der Waals surface area contributed by atoms with E-state index in [1.165, 1.54) is 18.3 Å². The van der Waals surface area contributed by atoms with Gasteiger partial charge in [-0.1, -0.05) is 6.07 Å². The minimum absolute atomic E-state index is 0.0149. The largest absolute Gasteiger partial charge is 0.396 e. The lowest BCUT2D eigenvalue weighted by atomic mass is 9.45. The highest BCUT2D eigenvalue weighted by Gasteiger charge is 2.23. The molecule has 2 heterocycles. The zero-order valence-electron chi connectivity index (χ0n) is 16.6. The average molecular weight is 403 g/mol. The van der Waals surface area contributed by atoms with Gasteiger partial charge in [-0.25, -0.2) is 19.0 Å². The van der Waals surface area contributed by atoms with E-state index in [0.29, 0.717) is 22.2 Å². The summed E-state index contributed by atoms with van der Waals surface area (Å²) in [6, 6.07) is 9.89. The molecule has 0 atom stereocenters. The molecule has 5 nitrogen and oxygen atoms in total. The minimum atomic E-state index is -0.569. The summed E-state index contributed by atoms with van der Waals surface area (Å²) >= 11 is 0. The Morgan fingerprint density at radius 3 is 2.63 bits per heavy atom. The van der Waals surface area contributed by atoms with Gasteiger partial charge in [0, 0.05) is 54.5 Å². The van der Waals surface area contributed by atoms with Crippen LogP contribution in [0.3, 0.4) is 0 Å². The Morgan fingerprint density at radius 2 is 1.93 bits per heavy atom. The monoisotopic (exact) mass is 403 g/mol. The predicted octanol–water partition coefficient (Wildman–Crippen LogP) is 4.19. The van der Waals surface area contributed by atoms with Crippen molar-refractivity contribution in [1.29, 1.82) is 5.26 Å². The highest BCUT2D eigenvalue weighted by Crippen LogP contribution is 2.30. The first-order valence-electron chi connectivity index (χ1n) is 9.76. The summed E-state index contributed by atoms with van der Waals surface area (Å²) in [5.74, 6) is 1.30. The van der Waals surface area contributed by atoms with Gasteiger partial charge in [0.25, 0.3) is 6.71 Å². The molecule has 1 aromatic heterocycles. The second-order valence-corrected chi connectivity index (χ2v) is 7.43. The summed E-state index contributed by atoms with van der Waals surface area (Å²) in [6.45, 7) is 1.52. The van der Waals surface area contributed by atoms with Gasteiger partial charge in [-0.15, -0.1) is 0 Å². The summed E-state index contributed by atoms with van der Waals surface area (Å²) in [5.41, 5.74) is 8.20. The maximum Gasteiger partial charge on any atom is 0.271 e. The Morgan fingerprint density at radius 1 is 1.17 bits per heavy atom. The topological polar surface area (TPSA) is 78.3 Å². The zero-order valence-corrected chi connectivity index (χ0v) is 16.6. The molecule has 8 heteroatoms. The van der Waals surface area contributed by atoms with Crippen LogP contribution in [-0.2, 0) is 0 Å². The number of nitrogen functional groups attached to an aromatic ring is 1. The van der Waals surface area contributed by atoms with Crippen molar-refractivity contribution in [1.82, 2.24) is 4.98 Å². The number of nitriles is 1. The molecule has 0 spiro atoms. The normalized spacial score (nSPS) is 14.5. The second kappa shape index (κ2) is 8.11. The first-order chi connectivity index (χ1) is 14.5. The summed E-state index contributed by atoms with van der Waals surface area (Å²) in [4.78, 5) is 10.4. The summed E-state index contributed by atoms with van der Waals surface area (Å²) in [6.07, 6.45) is 3.03. The lowest BCUT2D eigenvalue weighted by Gasteiger charge is -2.30. The van der Waals surface area contributed by atoms with E-state index in [9.17, 15) is 8.78 Å². The number of anilines is 2. The molecular weight excluding hydrogens is 383 g/mol. The number of nitrogens with two attached hydrogens (primary N) is 1. The third-order valence-corrected chi connectivity index (χ3v) is 5.50. The first-order valence-corrected chi connectivity index (χ1v) is 9.76. The fourth-order valence-corrected chi connectivity index (χ4v) is 3.82. The summed E-state index contributed by atoms with van der Waals surface area (Å²) in [7, 11) is 1.58. The number of nitrogens with zero attached hydrogens (tertiary/aromatic N) is 4. The molecule has 3 aromatic rings. The lowest BCUT2D eigenvalue weighted by Crippen LogP contribution is -2.36. The maximum absolute atomic E-state index is 14.9. The third-order valence-electron chi connectivity index (χ3n) is 5.50. The lowest BCUT2D eigenvalue weighted by molar-refractivity contribution is 0.632. The molecule has 0 radical (unpaired) electrons. The Labute approximate surface area is 173 Å². The van der Waals surface area contributed by atoms with E-state index in [1.807, 2.05) is 6.07 Å². The Balaban J connectivity index is 1.71. The standard InChI is InChI=1S/C22H20BF2N5/c1-28-12-16-8-15(10-18(24)21(16)27)20-3-2-14-9-17(11-19(25)22(14)29-20)30-6-4-23(13-26)5-7-30/h2-3,8-12H,4-7,27H2,1H3. The molecule has 0 amide bonds. The van der Waals surface area contributed by atoms with Crippen molar-refractivity contribution in [3.05, 3.63) is 53.6 Å². The Hall–Kier alpha value is -3.47. The van der Waals surface area contributed by atoms with Crippen LogP contribution in [0.4, 0.5) is 20.2 Å². The van der Waals surface area contributed by atoms with Crippen molar-refractivity contribution in [3.8, 4) is 17.2 Å². The van der Waals surface area contributed by atoms with Crippen LogP contribution in [0.15, 0.2) is 41.4 Å². The van der Waals surface area contributed by atoms with E-state index in [-0.39, 0.29) is 17.9 Å². The number of pyridine rings is 1. The molecule has 1 aliphatic rings. The van der Waals surface area contributed by atoms with E-state index in [0.717, 1.165) is 31.4 Å². The van der Waals surface area contributed by atoms with Crippen LogP contribution in [0.1, 0.15) is 5.56 Å². The van der Waals surface area contributed by atoms with Crippen molar-refractivity contribution < 1.29 is 8.78 Å². The third kappa shape index (κ3) is 3.71. The van der Waals surface area contributed by atoms with Gasteiger partial charge in [-0.2, -0.15) is 0 Å². The molecule has 0 saturated carbocycles. The molecule has 4 rings (SSSR count). The fourth-order valence-electron chi connectivity index (χ4n) is 3.82. The molecule has 2 N–H and O–H groups in total. The SMILES string of the molecule is CN=Cc1cc(-c2ccc3cc(N4CCB(C#N)CC4)cc(F)c3n2)cc(F)c1N. The number of aliphatic imine (C=N–C) groups is 1. The van der Waals surface area contributed by atoms with Crippen LogP contribution >= 0.6 is 0 Å². The van der Waals surface area contributed by atoms with Crippen LogP contribution in [0.5, 0.6) is 0 Å². The molecule has 2 aromatic carbocycles. The van der Waals surface area contributed by atoms with E-state index >= 15 is 0 Å². The number of benzene rings is 2. The number of aromatic nitrogens is 1. The van der Waals surface area contributed by atoms with E-state index < -0.39 is 11.6 Å². The van der Waals surface area contributed by atoms with Crippen LogP contribution < -0.4 is 10.6 Å². The average Bonchev–Trinajstić information content (AvgIpc) is 2.76. The molecule has 0 bridgehead atoms. The molecule has 0 aliphatic carbocycles. The number of rotatable bonds is 3. The van der Waals surface area contributed by atoms with Crippen molar-refractivity contribution in [2.24, 2.45) is 4.99 Å². The highest BCUT2D eigenvalue weighted by atomic mass is 19.1. The second-order valence-electron chi connectivity index (χ2n) is 7.43. The van der Waals surface area contributed by atoms with Crippen molar-refractivity contribution in [3.63, 3.8) is 0 Å². The smallest absolute Gasteiger partial charge is 0.271 e. The quantitative estimate of drug-likeness (QED) is 0.404. The van der Waals surface area contributed by atoms with Crippen LogP contribution in [0.25, 0.3) is 22.2 Å². The van der Waals surface area contributed by atoms with Gasteiger partial charge in [0.2, 0.25) is 0 Å². The number of hydrogen-bond donors (Lipinski definition) is 1. The van der Waals surface area contributed by atoms with Gasteiger partial charge >= 0.3 is 0 Å². The zero-order chi connectivity index (χ0) is 21.3. The highest BCUT2D eigenvalue weighted by molar-refractivity contribution is 6.67. The Kier molecular flexibility index (Phi) is 5.36. The number of halogens is 2. The van der Waals surface area contributed by atoms with Gasteiger partial charge in [0.05, 0.1) is 11.4 Å². The number of fused-ring (bicyclic) bond motifs is 1. The maximum atomic E-state index is 14.9. The summed E-state index contributed by atoms with van der Waals surface area (Å²) in [5, 5.41) is 9.73. The molecule has 150 valence electrons. The van der Waals surface area contributed by atoms with Crippen molar-refractivity contribution in [2.45, 2.75) is 12.6 Å². The van der Waals surface area contributed by atoms with Gasteiger partial charge in [-0.05, 0) is 43.0 Å². The van der Waals surface area contributed by atoms with E-state index in [4.69, 9.17) is 11.0 Å². The summed E-state index contributed by atoms with van der Waals surface area (Å²) < 4.78 is 29.2. The van der Waals surface area contributed by atoms with Crippen LogP contribution in [0.2, 0.25) is 12.6 Å². The molecule has 30 heavy (non-hydrogen) atoms. The van der Waals surface area contributed by atoms with Crippen LogP contribution in [-0.4, -0.2) is 38.0 Å².